The van der Waals surface area contributed by atoms with E-state index in [2.05, 4.69) is 10.2 Å². The third-order valence-corrected chi connectivity index (χ3v) is 3.87. The van der Waals surface area contributed by atoms with Gasteiger partial charge in [0.1, 0.15) is 17.5 Å². The summed E-state index contributed by atoms with van der Waals surface area (Å²) in [4.78, 5) is 13.7. The molecule has 1 amide bonds. The van der Waals surface area contributed by atoms with Crippen molar-refractivity contribution in [1.29, 1.82) is 0 Å². The van der Waals surface area contributed by atoms with Gasteiger partial charge in [-0.25, -0.2) is 13.6 Å². The van der Waals surface area contributed by atoms with Crippen LogP contribution in [-0.4, -0.2) is 46.5 Å². The van der Waals surface area contributed by atoms with Crippen molar-refractivity contribution in [3.8, 4) is 11.6 Å². The molecule has 2 aromatic rings. The molecule has 0 saturated carbocycles. The molecule has 150 valence electrons. The Balaban J connectivity index is 1.80. The maximum absolute atomic E-state index is 14.4. The van der Waals surface area contributed by atoms with Crippen LogP contribution in [0.25, 0.3) is 0 Å². The predicted octanol–water partition coefficient (Wildman–Crippen LogP) is 3.86. The third-order valence-electron chi connectivity index (χ3n) is 3.87. The predicted molar refractivity (Wildman–Crippen MR) is 95.0 cm³/mol. The van der Waals surface area contributed by atoms with Crippen molar-refractivity contribution in [1.82, 2.24) is 15.1 Å². The first-order valence-electron chi connectivity index (χ1n) is 8.77. The van der Waals surface area contributed by atoms with E-state index in [-0.39, 0.29) is 30.3 Å². The average molecular weight is 393 g/mol. The summed E-state index contributed by atoms with van der Waals surface area (Å²) >= 11 is 0. The fraction of sp³-hybridized carbons (Fsp3) is 0.421. The second-order valence-corrected chi connectivity index (χ2v) is 7.26. The van der Waals surface area contributed by atoms with Gasteiger partial charge in [0.05, 0.1) is 13.2 Å². The van der Waals surface area contributed by atoms with Gasteiger partial charge in [-0.2, -0.15) is 5.10 Å². The van der Waals surface area contributed by atoms with Crippen molar-refractivity contribution in [3.63, 3.8) is 0 Å². The van der Waals surface area contributed by atoms with Gasteiger partial charge in [0.15, 0.2) is 11.6 Å². The minimum atomic E-state index is -1.09. The summed E-state index contributed by atoms with van der Waals surface area (Å²) in [5, 5.41) is 7.41. The third kappa shape index (κ3) is 4.92. The largest absolute Gasteiger partial charge is 0.444 e. The zero-order chi connectivity index (χ0) is 20.3. The number of benzene rings is 1. The number of carbonyl (C=O) groups is 1. The van der Waals surface area contributed by atoms with Gasteiger partial charge >= 0.3 is 6.09 Å². The number of hydrogen-bond acceptors (Lipinski definition) is 6. The summed E-state index contributed by atoms with van der Waals surface area (Å²) < 4.78 is 44.9. The number of ether oxygens (including phenoxy) is 3. The Hall–Kier alpha value is -2.81. The number of halogens is 2. The maximum atomic E-state index is 14.4. The standard InChI is InChI=1S/C19H21F2N3O4/c1-19(2,3)28-18(25)24-7-8-26-15(11-24)13-9-12(10-14(20)17(13)21)27-16-5-4-6-22-23-16/h4-6,9-10,15H,7-8,11H2,1-3H3/t15-/m1/s1. The number of nitrogens with zero attached hydrogens (tertiary/aromatic N) is 3. The number of morpholine rings is 1. The Morgan fingerprint density at radius 2 is 2.11 bits per heavy atom. The van der Waals surface area contributed by atoms with E-state index < -0.39 is 29.4 Å². The summed E-state index contributed by atoms with van der Waals surface area (Å²) in [6, 6.07) is 5.39. The fourth-order valence-corrected chi connectivity index (χ4v) is 2.67. The number of hydrogen-bond donors (Lipinski definition) is 0. The summed E-state index contributed by atoms with van der Waals surface area (Å²) in [5.74, 6) is -1.95. The molecule has 0 radical (unpaired) electrons. The van der Waals surface area contributed by atoms with Gasteiger partial charge in [-0.15, -0.1) is 5.10 Å². The first-order chi connectivity index (χ1) is 13.2. The topological polar surface area (TPSA) is 73.8 Å². The molecule has 9 heteroatoms. The number of amides is 1. The molecule has 0 spiro atoms. The maximum Gasteiger partial charge on any atom is 0.410 e. The molecule has 0 N–H and O–H groups in total. The fourth-order valence-electron chi connectivity index (χ4n) is 2.67. The van der Waals surface area contributed by atoms with Crippen molar-refractivity contribution < 1.29 is 27.8 Å². The zero-order valence-electron chi connectivity index (χ0n) is 15.8. The van der Waals surface area contributed by atoms with Crippen molar-refractivity contribution >= 4 is 6.09 Å². The van der Waals surface area contributed by atoms with Crippen LogP contribution in [-0.2, 0) is 9.47 Å². The van der Waals surface area contributed by atoms with Gasteiger partial charge in [0.25, 0.3) is 0 Å². The van der Waals surface area contributed by atoms with E-state index >= 15 is 0 Å². The van der Waals surface area contributed by atoms with Gasteiger partial charge in [0, 0.05) is 30.4 Å². The molecule has 28 heavy (non-hydrogen) atoms. The molecule has 3 rings (SSSR count). The second kappa shape index (κ2) is 8.05. The zero-order valence-corrected chi connectivity index (χ0v) is 15.8. The molecule has 0 aliphatic carbocycles. The molecule has 2 heterocycles. The second-order valence-electron chi connectivity index (χ2n) is 7.26. The lowest BCUT2D eigenvalue weighted by Crippen LogP contribution is -2.44. The van der Waals surface area contributed by atoms with Crippen LogP contribution in [0.3, 0.4) is 0 Å². The lowest BCUT2D eigenvalue weighted by atomic mass is 10.1. The highest BCUT2D eigenvalue weighted by molar-refractivity contribution is 5.68. The highest BCUT2D eigenvalue weighted by Gasteiger charge is 2.31. The van der Waals surface area contributed by atoms with E-state index in [4.69, 9.17) is 14.2 Å². The van der Waals surface area contributed by atoms with Gasteiger partial charge in [-0.1, -0.05) is 0 Å². The molecule has 1 aromatic heterocycles. The molecule has 1 saturated heterocycles. The van der Waals surface area contributed by atoms with Crippen LogP contribution in [0.4, 0.5) is 13.6 Å². The smallest absolute Gasteiger partial charge is 0.410 e. The molecular weight excluding hydrogens is 372 g/mol. The molecular formula is C19H21F2N3O4. The molecule has 1 aliphatic heterocycles. The van der Waals surface area contributed by atoms with Crippen molar-refractivity contribution in [3.05, 3.63) is 47.7 Å². The van der Waals surface area contributed by atoms with Crippen LogP contribution in [0.15, 0.2) is 30.5 Å². The first-order valence-corrected chi connectivity index (χ1v) is 8.77. The minimum Gasteiger partial charge on any atom is -0.444 e. The van der Waals surface area contributed by atoms with Crippen LogP contribution >= 0.6 is 0 Å². The van der Waals surface area contributed by atoms with E-state index in [0.717, 1.165) is 6.07 Å². The van der Waals surface area contributed by atoms with E-state index in [9.17, 15) is 13.6 Å². The van der Waals surface area contributed by atoms with Gasteiger partial charge < -0.3 is 19.1 Å². The Morgan fingerprint density at radius 3 is 2.79 bits per heavy atom. The van der Waals surface area contributed by atoms with Crippen LogP contribution in [0.5, 0.6) is 11.6 Å². The average Bonchev–Trinajstić information content (AvgIpc) is 2.64. The molecule has 1 atom stereocenters. The molecule has 0 bridgehead atoms. The summed E-state index contributed by atoms with van der Waals surface area (Å²) in [5.41, 5.74) is -0.709. The SMILES string of the molecule is CC(C)(C)OC(=O)N1CCO[C@@H](c2cc(Oc3cccnn3)cc(F)c2F)C1. The Morgan fingerprint density at radius 1 is 1.32 bits per heavy atom. The molecule has 7 nitrogen and oxygen atoms in total. The number of aromatic nitrogens is 2. The van der Waals surface area contributed by atoms with Crippen molar-refractivity contribution in [2.45, 2.75) is 32.5 Å². The molecule has 1 aliphatic rings. The Bertz CT molecular complexity index is 843. The van der Waals surface area contributed by atoms with E-state index in [1.54, 1.807) is 26.8 Å². The highest BCUT2D eigenvalue weighted by atomic mass is 19.2. The summed E-state index contributed by atoms with van der Waals surface area (Å²) in [7, 11) is 0. The summed E-state index contributed by atoms with van der Waals surface area (Å²) in [6.45, 7) is 5.76. The number of rotatable bonds is 3. The first kappa shape index (κ1) is 19.9. The van der Waals surface area contributed by atoms with Gasteiger partial charge in [0.2, 0.25) is 5.88 Å². The van der Waals surface area contributed by atoms with Crippen LogP contribution < -0.4 is 4.74 Å². The van der Waals surface area contributed by atoms with Crippen LogP contribution in [0.2, 0.25) is 0 Å². The van der Waals surface area contributed by atoms with Crippen LogP contribution in [0.1, 0.15) is 32.4 Å². The molecule has 1 fully saturated rings. The van der Waals surface area contributed by atoms with E-state index in [0.29, 0.717) is 6.54 Å². The summed E-state index contributed by atoms with van der Waals surface area (Å²) in [6.07, 6.45) is 0.0693. The monoisotopic (exact) mass is 393 g/mol. The van der Waals surface area contributed by atoms with Crippen molar-refractivity contribution in [2.75, 3.05) is 19.7 Å². The Kier molecular flexibility index (Phi) is 5.73. The van der Waals surface area contributed by atoms with E-state index in [1.165, 1.54) is 23.2 Å². The molecule has 1 aromatic carbocycles. The van der Waals surface area contributed by atoms with Gasteiger partial charge in [-0.05, 0) is 32.9 Å². The lowest BCUT2D eigenvalue weighted by molar-refractivity contribution is -0.0445. The van der Waals surface area contributed by atoms with Gasteiger partial charge in [-0.3, -0.25) is 0 Å². The van der Waals surface area contributed by atoms with Crippen molar-refractivity contribution in [2.24, 2.45) is 0 Å². The quantitative estimate of drug-likeness (QED) is 0.789. The molecule has 0 unspecified atom stereocenters. The number of carbonyl (C=O) groups excluding carboxylic acids is 1. The van der Waals surface area contributed by atoms with E-state index in [1.807, 2.05) is 0 Å². The normalized spacial score (nSPS) is 17.3. The lowest BCUT2D eigenvalue weighted by Gasteiger charge is -2.34. The minimum absolute atomic E-state index is 0.0276. The van der Waals surface area contributed by atoms with Crippen LogP contribution in [0, 0.1) is 11.6 Å². The Labute approximate surface area is 161 Å². The highest BCUT2D eigenvalue weighted by Crippen LogP contribution is 2.31.